The van der Waals surface area contributed by atoms with Crippen molar-refractivity contribution in [3.05, 3.63) is 60.3 Å². The maximum atomic E-state index is 5.76. The number of hydrogen-bond acceptors (Lipinski definition) is 3. The van der Waals surface area contributed by atoms with Crippen molar-refractivity contribution >= 4 is 34.1 Å². The predicted molar refractivity (Wildman–Crippen MR) is 78.8 cm³/mol. The second-order valence-electron chi connectivity index (χ2n) is 4.21. The van der Waals surface area contributed by atoms with Crippen LogP contribution in [0.3, 0.4) is 0 Å². The van der Waals surface area contributed by atoms with Crippen LogP contribution in [0.2, 0.25) is 0 Å². The summed E-state index contributed by atoms with van der Waals surface area (Å²) < 4.78 is 0. The highest BCUT2D eigenvalue weighted by atomic mass is 35.5. The normalized spacial score (nSPS) is 10.6. The van der Waals surface area contributed by atoms with Gasteiger partial charge in [-0.05, 0) is 23.8 Å². The first-order valence-electron chi connectivity index (χ1n) is 5.99. The summed E-state index contributed by atoms with van der Waals surface area (Å²) in [5, 5.41) is 4.21. The highest BCUT2D eigenvalue weighted by molar-refractivity contribution is 6.17. The molecule has 3 aromatic rings. The van der Waals surface area contributed by atoms with Crippen LogP contribution < -0.4 is 5.32 Å². The summed E-state index contributed by atoms with van der Waals surface area (Å²) >= 11 is 5.76. The molecule has 0 fully saturated rings. The van der Waals surface area contributed by atoms with Gasteiger partial charge in [-0.1, -0.05) is 30.3 Å². The number of aromatic nitrogens is 2. The Balaban J connectivity index is 1.87. The number of nitrogens with one attached hydrogen (secondary N) is 1. The van der Waals surface area contributed by atoms with Gasteiger partial charge in [-0.2, -0.15) is 0 Å². The molecule has 94 valence electrons. The number of anilines is 2. The van der Waals surface area contributed by atoms with E-state index in [4.69, 9.17) is 11.6 Å². The second-order valence-corrected chi connectivity index (χ2v) is 4.48. The topological polar surface area (TPSA) is 37.8 Å². The van der Waals surface area contributed by atoms with Crippen LogP contribution in [0, 0.1) is 0 Å². The summed E-state index contributed by atoms with van der Waals surface area (Å²) in [6.45, 7) is 0. The molecule has 2 aromatic carbocycles. The van der Waals surface area contributed by atoms with Gasteiger partial charge in [-0.25, -0.2) is 9.97 Å². The van der Waals surface area contributed by atoms with Gasteiger partial charge in [0.05, 0.1) is 5.52 Å². The third kappa shape index (κ3) is 2.66. The Morgan fingerprint density at radius 1 is 1.00 bits per heavy atom. The van der Waals surface area contributed by atoms with Crippen molar-refractivity contribution in [1.82, 2.24) is 9.97 Å². The fourth-order valence-corrected chi connectivity index (χ4v) is 2.02. The first-order valence-corrected chi connectivity index (χ1v) is 6.52. The van der Waals surface area contributed by atoms with E-state index >= 15 is 0 Å². The Morgan fingerprint density at radius 3 is 2.58 bits per heavy atom. The van der Waals surface area contributed by atoms with Crippen molar-refractivity contribution in [3.8, 4) is 0 Å². The lowest BCUT2D eigenvalue weighted by molar-refractivity contribution is 1.21. The van der Waals surface area contributed by atoms with Crippen LogP contribution in [0.1, 0.15) is 5.56 Å². The molecule has 3 nitrogen and oxygen atoms in total. The summed E-state index contributed by atoms with van der Waals surface area (Å²) in [7, 11) is 0. The van der Waals surface area contributed by atoms with Crippen LogP contribution in [-0.2, 0) is 5.88 Å². The molecular formula is C15H12ClN3. The third-order valence-corrected chi connectivity index (χ3v) is 3.16. The van der Waals surface area contributed by atoms with E-state index in [1.165, 1.54) is 0 Å². The number of nitrogens with zero attached hydrogens (tertiary/aromatic N) is 2. The molecule has 3 rings (SSSR count). The fourth-order valence-electron chi connectivity index (χ4n) is 1.84. The minimum atomic E-state index is 0.521. The van der Waals surface area contributed by atoms with Crippen molar-refractivity contribution in [2.75, 3.05) is 5.32 Å². The first-order chi connectivity index (χ1) is 9.35. The second kappa shape index (κ2) is 5.24. The summed E-state index contributed by atoms with van der Waals surface area (Å²) in [4.78, 5) is 8.76. The lowest BCUT2D eigenvalue weighted by Crippen LogP contribution is -1.96. The number of hydrogen-bond donors (Lipinski definition) is 1. The molecule has 1 heterocycles. The van der Waals surface area contributed by atoms with E-state index in [0.717, 1.165) is 22.2 Å². The van der Waals surface area contributed by atoms with Crippen LogP contribution in [0.4, 0.5) is 11.6 Å². The van der Waals surface area contributed by atoms with E-state index in [-0.39, 0.29) is 0 Å². The largest absolute Gasteiger partial charge is 0.324 e. The highest BCUT2D eigenvalue weighted by Crippen LogP contribution is 2.17. The Kier molecular flexibility index (Phi) is 3.29. The molecule has 0 aliphatic rings. The lowest BCUT2D eigenvalue weighted by atomic mass is 10.2. The van der Waals surface area contributed by atoms with Gasteiger partial charge >= 0.3 is 0 Å². The van der Waals surface area contributed by atoms with Crippen LogP contribution in [0.5, 0.6) is 0 Å². The van der Waals surface area contributed by atoms with Gasteiger partial charge in [0.15, 0.2) is 0 Å². The fraction of sp³-hybridized carbons (Fsp3) is 0.0667. The SMILES string of the molecule is ClCc1ccc(Nc2ncc3ccccc3n2)cc1. The molecule has 0 amide bonds. The van der Waals surface area contributed by atoms with Crippen molar-refractivity contribution in [3.63, 3.8) is 0 Å². The van der Waals surface area contributed by atoms with E-state index in [1.54, 1.807) is 0 Å². The van der Waals surface area contributed by atoms with Crippen molar-refractivity contribution in [2.45, 2.75) is 5.88 Å². The minimum Gasteiger partial charge on any atom is -0.324 e. The Labute approximate surface area is 116 Å². The number of alkyl halides is 1. The maximum Gasteiger partial charge on any atom is 0.227 e. The van der Waals surface area contributed by atoms with Crippen LogP contribution >= 0.6 is 11.6 Å². The Morgan fingerprint density at radius 2 is 1.79 bits per heavy atom. The molecule has 0 unspecified atom stereocenters. The zero-order valence-corrected chi connectivity index (χ0v) is 10.9. The molecule has 0 atom stereocenters. The number of rotatable bonds is 3. The number of fused-ring (bicyclic) bond motifs is 1. The maximum absolute atomic E-state index is 5.76. The van der Waals surface area contributed by atoms with E-state index in [2.05, 4.69) is 15.3 Å². The smallest absolute Gasteiger partial charge is 0.227 e. The first kappa shape index (κ1) is 11.9. The summed E-state index contributed by atoms with van der Waals surface area (Å²) in [5.74, 6) is 1.12. The molecule has 1 aromatic heterocycles. The molecule has 1 N–H and O–H groups in total. The predicted octanol–water partition coefficient (Wildman–Crippen LogP) is 4.11. The van der Waals surface area contributed by atoms with E-state index < -0.39 is 0 Å². The molecule has 0 bridgehead atoms. The van der Waals surface area contributed by atoms with E-state index in [9.17, 15) is 0 Å². The molecule has 19 heavy (non-hydrogen) atoms. The number of benzene rings is 2. The van der Waals surface area contributed by atoms with Gasteiger partial charge in [-0.3, -0.25) is 0 Å². The molecule has 0 radical (unpaired) electrons. The van der Waals surface area contributed by atoms with Gasteiger partial charge < -0.3 is 5.32 Å². The molecule has 0 saturated carbocycles. The zero-order valence-electron chi connectivity index (χ0n) is 10.2. The number of para-hydroxylation sites is 1. The Hall–Kier alpha value is -2.13. The van der Waals surface area contributed by atoms with Gasteiger partial charge in [0.2, 0.25) is 5.95 Å². The van der Waals surface area contributed by atoms with E-state index in [1.807, 2.05) is 54.7 Å². The molecule has 0 spiro atoms. The zero-order chi connectivity index (χ0) is 13.1. The van der Waals surface area contributed by atoms with Gasteiger partial charge in [0, 0.05) is 23.2 Å². The Bertz CT molecular complexity index is 695. The van der Waals surface area contributed by atoms with Crippen molar-refractivity contribution < 1.29 is 0 Å². The minimum absolute atomic E-state index is 0.521. The molecule has 4 heteroatoms. The summed E-state index contributed by atoms with van der Waals surface area (Å²) in [6.07, 6.45) is 1.82. The summed E-state index contributed by atoms with van der Waals surface area (Å²) in [6, 6.07) is 15.8. The third-order valence-electron chi connectivity index (χ3n) is 2.85. The standard InChI is InChI=1S/C15H12ClN3/c16-9-11-5-7-13(8-6-11)18-15-17-10-12-3-1-2-4-14(12)19-15/h1-8,10H,9H2,(H,17,18,19). The quantitative estimate of drug-likeness (QED) is 0.727. The monoisotopic (exact) mass is 269 g/mol. The molecule has 0 saturated heterocycles. The average molecular weight is 270 g/mol. The molecule has 0 aliphatic carbocycles. The lowest BCUT2D eigenvalue weighted by Gasteiger charge is -2.06. The van der Waals surface area contributed by atoms with Gasteiger partial charge in [0.25, 0.3) is 0 Å². The van der Waals surface area contributed by atoms with Crippen LogP contribution in [0.25, 0.3) is 10.9 Å². The van der Waals surface area contributed by atoms with E-state index in [0.29, 0.717) is 11.8 Å². The molecular weight excluding hydrogens is 258 g/mol. The van der Waals surface area contributed by atoms with Crippen LogP contribution in [0.15, 0.2) is 54.7 Å². The van der Waals surface area contributed by atoms with Gasteiger partial charge in [0.1, 0.15) is 0 Å². The number of halogens is 1. The summed E-state index contributed by atoms with van der Waals surface area (Å²) in [5.41, 5.74) is 2.97. The van der Waals surface area contributed by atoms with Crippen molar-refractivity contribution in [1.29, 1.82) is 0 Å². The van der Waals surface area contributed by atoms with Crippen LogP contribution in [-0.4, -0.2) is 9.97 Å². The average Bonchev–Trinajstić information content (AvgIpc) is 2.48. The van der Waals surface area contributed by atoms with Gasteiger partial charge in [-0.15, -0.1) is 11.6 Å². The van der Waals surface area contributed by atoms with Crippen molar-refractivity contribution in [2.24, 2.45) is 0 Å². The molecule has 0 aliphatic heterocycles. The highest BCUT2D eigenvalue weighted by Gasteiger charge is 2.00.